The van der Waals surface area contributed by atoms with E-state index in [0.717, 1.165) is 18.4 Å². The lowest BCUT2D eigenvalue weighted by atomic mass is 10.1. The van der Waals surface area contributed by atoms with Crippen molar-refractivity contribution in [2.24, 2.45) is 0 Å². The fourth-order valence-corrected chi connectivity index (χ4v) is 3.41. The molecule has 2 aromatic rings. The van der Waals surface area contributed by atoms with Crippen LogP contribution < -0.4 is 9.47 Å². The van der Waals surface area contributed by atoms with Crippen molar-refractivity contribution in [3.05, 3.63) is 65.2 Å². The smallest absolute Gasteiger partial charge is 0.387 e. The van der Waals surface area contributed by atoms with Gasteiger partial charge >= 0.3 is 6.61 Å². The third kappa shape index (κ3) is 4.10. The van der Waals surface area contributed by atoms with E-state index in [1.807, 2.05) is 18.2 Å². The Morgan fingerprint density at radius 2 is 2.00 bits per heavy atom. The molecule has 0 heterocycles. The molecule has 0 radical (unpaired) electrons. The molecule has 1 atom stereocenters. The van der Waals surface area contributed by atoms with Crippen molar-refractivity contribution in [2.75, 3.05) is 14.2 Å². The number of para-hydroxylation sites is 1. The first-order valence-corrected chi connectivity index (χ1v) is 8.65. The van der Waals surface area contributed by atoms with E-state index in [9.17, 15) is 13.6 Å². The number of likely N-dealkylation sites (N-methyl/N-ethyl adjacent to an activating group) is 1. The minimum atomic E-state index is -2.98. The molecule has 3 rings (SSSR count). The number of fused-ring (bicyclic) bond motifs is 1. The summed E-state index contributed by atoms with van der Waals surface area (Å²) in [5.41, 5.74) is 2.76. The van der Waals surface area contributed by atoms with Crippen LogP contribution >= 0.6 is 0 Å². The van der Waals surface area contributed by atoms with Crippen molar-refractivity contribution in [1.82, 2.24) is 4.90 Å². The van der Waals surface area contributed by atoms with Crippen molar-refractivity contribution in [3.8, 4) is 11.5 Å². The number of ether oxygens (including phenoxy) is 2. The van der Waals surface area contributed by atoms with Crippen LogP contribution in [-0.4, -0.2) is 31.6 Å². The van der Waals surface area contributed by atoms with Crippen LogP contribution in [0.2, 0.25) is 0 Å². The summed E-state index contributed by atoms with van der Waals surface area (Å²) >= 11 is 0. The number of carbonyl (C=O) groups is 1. The van der Waals surface area contributed by atoms with Crippen LogP contribution in [-0.2, 0) is 11.2 Å². The highest BCUT2D eigenvalue weighted by atomic mass is 19.3. The molecule has 0 fully saturated rings. The van der Waals surface area contributed by atoms with Crippen LogP contribution in [0.25, 0.3) is 6.08 Å². The van der Waals surface area contributed by atoms with Gasteiger partial charge < -0.3 is 14.4 Å². The molecule has 1 amide bonds. The van der Waals surface area contributed by atoms with Crippen molar-refractivity contribution in [1.29, 1.82) is 0 Å². The Hall–Kier alpha value is -2.89. The number of hydrogen-bond donors (Lipinski definition) is 0. The first kappa shape index (κ1) is 18.9. The Morgan fingerprint density at radius 1 is 1.22 bits per heavy atom. The predicted molar refractivity (Wildman–Crippen MR) is 98.9 cm³/mol. The lowest BCUT2D eigenvalue weighted by Crippen LogP contribution is -2.28. The molecular weight excluding hydrogens is 352 g/mol. The Morgan fingerprint density at radius 3 is 2.74 bits per heavy atom. The van der Waals surface area contributed by atoms with Crippen LogP contribution in [0.15, 0.2) is 48.5 Å². The minimum Gasteiger partial charge on any atom is -0.493 e. The number of amides is 1. The maximum Gasteiger partial charge on any atom is 0.387 e. The average Bonchev–Trinajstić information content (AvgIpc) is 3.10. The Balaban J connectivity index is 1.79. The van der Waals surface area contributed by atoms with E-state index < -0.39 is 6.61 Å². The van der Waals surface area contributed by atoms with Crippen LogP contribution in [0, 0.1) is 0 Å². The molecule has 0 bridgehead atoms. The number of methoxy groups -OCH3 is 1. The van der Waals surface area contributed by atoms with Gasteiger partial charge in [-0.1, -0.05) is 36.4 Å². The maximum atomic E-state index is 12.7. The van der Waals surface area contributed by atoms with Gasteiger partial charge in [0, 0.05) is 18.7 Å². The lowest BCUT2D eigenvalue weighted by Gasteiger charge is -2.24. The summed E-state index contributed by atoms with van der Waals surface area (Å²) in [4.78, 5) is 14.3. The van der Waals surface area contributed by atoms with Crippen LogP contribution in [0.4, 0.5) is 8.78 Å². The normalized spacial score (nSPS) is 15.8. The number of aryl methyl sites for hydroxylation is 1. The summed E-state index contributed by atoms with van der Waals surface area (Å²) in [6.07, 6.45) is 4.65. The third-order valence-electron chi connectivity index (χ3n) is 4.76. The number of rotatable bonds is 6. The highest BCUT2D eigenvalue weighted by molar-refractivity contribution is 5.92. The summed E-state index contributed by atoms with van der Waals surface area (Å²) in [5, 5.41) is 0. The zero-order valence-corrected chi connectivity index (χ0v) is 15.2. The second-order valence-electron chi connectivity index (χ2n) is 6.29. The molecule has 1 unspecified atom stereocenters. The number of carbonyl (C=O) groups excluding carboxylic acids is 1. The van der Waals surface area contributed by atoms with E-state index in [0.29, 0.717) is 5.56 Å². The molecular formula is C21H21F2NO3. The van der Waals surface area contributed by atoms with Crippen LogP contribution in [0.5, 0.6) is 11.5 Å². The predicted octanol–water partition coefficient (Wildman–Crippen LogP) is 4.46. The molecule has 0 aromatic heterocycles. The van der Waals surface area contributed by atoms with E-state index in [1.165, 1.54) is 30.9 Å². The number of halogens is 2. The quantitative estimate of drug-likeness (QED) is 0.702. The Bertz CT molecular complexity index is 851. The van der Waals surface area contributed by atoms with Gasteiger partial charge in [-0.3, -0.25) is 4.79 Å². The maximum absolute atomic E-state index is 12.7. The van der Waals surface area contributed by atoms with E-state index >= 15 is 0 Å². The minimum absolute atomic E-state index is 0.0143. The topological polar surface area (TPSA) is 38.8 Å². The summed E-state index contributed by atoms with van der Waals surface area (Å²) in [6.45, 7) is -2.98. The highest BCUT2D eigenvalue weighted by Gasteiger charge is 2.27. The van der Waals surface area contributed by atoms with E-state index in [-0.39, 0.29) is 23.4 Å². The first-order valence-electron chi connectivity index (χ1n) is 8.65. The summed E-state index contributed by atoms with van der Waals surface area (Å²) in [7, 11) is 3.12. The van der Waals surface area contributed by atoms with Gasteiger partial charge in [0.1, 0.15) is 0 Å². The van der Waals surface area contributed by atoms with Gasteiger partial charge in [-0.05, 0) is 36.1 Å². The monoisotopic (exact) mass is 373 g/mol. The molecule has 0 spiro atoms. The second-order valence-corrected chi connectivity index (χ2v) is 6.29. The van der Waals surface area contributed by atoms with Gasteiger partial charge in [-0.2, -0.15) is 8.78 Å². The molecule has 2 aromatic carbocycles. The number of hydrogen-bond acceptors (Lipinski definition) is 3. The van der Waals surface area contributed by atoms with Gasteiger partial charge in [-0.15, -0.1) is 0 Å². The summed E-state index contributed by atoms with van der Waals surface area (Å²) in [6, 6.07) is 12.9. The van der Waals surface area contributed by atoms with Gasteiger partial charge in [0.05, 0.1) is 13.2 Å². The van der Waals surface area contributed by atoms with Crippen LogP contribution in [0.1, 0.15) is 29.2 Å². The van der Waals surface area contributed by atoms with Crippen molar-refractivity contribution >= 4 is 12.0 Å². The molecule has 0 saturated carbocycles. The van der Waals surface area contributed by atoms with E-state index in [1.54, 1.807) is 24.1 Å². The van der Waals surface area contributed by atoms with Crippen molar-refractivity contribution in [2.45, 2.75) is 25.5 Å². The van der Waals surface area contributed by atoms with E-state index in [2.05, 4.69) is 10.8 Å². The Kier molecular flexibility index (Phi) is 5.74. The molecule has 0 saturated heterocycles. The molecule has 1 aliphatic rings. The molecule has 142 valence electrons. The van der Waals surface area contributed by atoms with Gasteiger partial charge in [-0.25, -0.2) is 0 Å². The van der Waals surface area contributed by atoms with E-state index in [4.69, 9.17) is 4.74 Å². The van der Waals surface area contributed by atoms with Gasteiger partial charge in [0.25, 0.3) is 0 Å². The van der Waals surface area contributed by atoms with Crippen molar-refractivity contribution in [3.63, 3.8) is 0 Å². The second kappa shape index (κ2) is 8.20. The molecule has 0 aliphatic heterocycles. The zero-order valence-electron chi connectivity index (χ0n) is 15.2. The van der Waals surface area contributed by atoms with Crippen molar-refractivity contribution < 1.29 is 23.0 Å². The molecule has 6 heteroatoms. The Labute approximate surface area is 157 Å². The standard InChI is InChI=1S/C21H21F2NO3/c1-24(17-12-10-14-6-3-4-8-16(14)17)19(25)13-11-15-7-5-9-18(26-2)20(15)27-21(22)23/h3-9,11,13,17,21H,10,12H2,1-2H3/b13-11+. The third-order valence-corrected chi connectivity index (χ3v) is 4.76. The van der Waals surface area contributed by atoms with Crippen LogP contribution in [0.3, 0.4) is 0 Å². The molecule has 4 nitrogen and oxygen atoms in total. The fraction of sp³-hybridized carbons (Fsp3) is 0.286. The summed E-state index contributed by atoms with van der Waals surface area (Å²) < 4.78 is 35.1. The first-order chi connectivity index (χ1) is 13.0. The molecule has 0 N–H and O–H groups in total. The fourth-order valence-electron chi connectivity index (χ4n) is 3.41. The SMILES string of the molecule is COc1cccc(/C=C/C(=O)N(C)C2CCc3ccccc32)c1OC(F)F. The van der Waals surface area contributed by atoms with Gasteiger partial charge in [0.15, 0.2) is 11.5 Å². The lowest BCUT2D eigenvalue weighted by molar-refractivity contribution is -0.126. The number of benzene rings is 2. The number of alkyl halides is 2. The average molecular weight is 373 g/mol. The molecule has 1 aliphatic carbocycles. The molecule has 27 heavy (non-hydrogen) atoms. The summed E-state index contributed by atoms with van der Waals surface area (Å²) in [5.74, 6) is -0.113. The number of nitrogens with zero attached hydrogens (tertiary/aromatic N) is 1. The van der Waals surface area contributed by atoms with Gasteiger partial charge in [0.2, 0.25) is 5.91 Å². The largest absolute Gasteiger partial charge is 0.493 e. The highest BCUT2D eigenvalue weighted by Crippen LogP contribution is 2.36. The zero-order chi connectivity index (χ0) is 19.4.